The first-order chi connectivity index (χ1) is 25.8. The second-order valence-electron chi connectivity index (χ2n) is 13.6. The molecule has 0 bridgehead atoms. The van der Waals surface area contributed by atoms with Crippen molar-refractivity contribution in [2.24, 2.45) is 0 Å². The molecule has 0 amide bonds. The number of methoxy groups -OCH3 is 2. The fraction of sp³-hybridized carbons (Fsp3) is 0.556. The number of carboxylic acids is 2. The van der Waals surface area contributed by atoms with E-state index in [-0.39, 0.29) is 22.3 Å². The van der Waals surface area contributed by atoms with E-state index in [0.29, 0.717) is 0 Å². The van der Waals surface area contributed by atoms with Crippen LogP contribution in [-0.4, -0.2) is 155 Å². The van der Waals surface area contributed by atoms with Gasteiger partial charge in [-0.2, -0.15) is 0 Å². The molecule has 0 aromatic heterocycles. The second-order valence-corrected chi connectivity index (χ2v) is 13.6. The number of rotatable bonds is 16. The minimum absolute atomic E-state index is 0.350. The van der Waals surface area contributed by atoms with Crippen molar-refractivity contribution < 1.29 is 92.4 Å². The van der Waals surface area contributed by atoms with Crippen LogP contribution in [0.3, 0.4) is 0 Å². The summed E-state index contributed by atoms with van der Waals surface area (Å²) in [6.07, 6.45) is -15.9. The smallest absolute Gasteiger partial charge is 0.339 e. The van der Waals surface area contributed by atoms with E-state index in [0.717, 1.165) is 0 Å². The molecule has 2 saturated heterocycles. The van der Waals surface area contributed by atoms with Gasteiger partial charge < -0.3 is 73.3 Å². The Morgan fingerprint density at radius 1 is 0.618 bits per heavy atom. The molecule has 2 fully saturated rings. The number of aliphatic hydroxyl groups excluding tert-OH is 2. The van der Waals surface area contributed by atoms with Crippen molar-refractivity contribution in [1.82, 2.24) is 0 Å². The van der Waals surface area contributed by atoms with Crippen LogP contribution < -0.4 is 0 Å². The van der Waals surface area contributed by atoms with Crippen LogP contribution in [0.25, 0.3) is 0 Å². The maximum atomic E-state index is 13.5. The maximum absolute atomic E-state index is 13.5. The van der Waals surface area contributed by atoms with E-state index in [4.69, 9.17) is 42.6 Å². The van der Waals surface area contributed by atoms with Gasteiger partial charge in [0.2, 0.25) is 0 Å². The lowest BCUT2D eigenvalue weighted by Gasteiger charge is -2.48. The monoisotopic (exact) mass is 782 g/mol. The van der Waals surface area contributed by atoms with Crippen LogP contribution in [0.2, 0.25) is 0 Å². The molecule has 2 aromatic carbocycles. The molecule has 55 heavy (non-hydrogen) atoms. The summed E-state index contributed by atoms with van der Waals surface area (Å²) in [4.78, 5) is 50.5. The summed E-state index contributed by atoms with van der Waals surface area (Å²) in [6.45, 7) is 4.28. The minimum Gasteiger partial charge on any atom is -0.478 e. The van der Waals surface area contributed by atoms with Crippen LogP contribution in [0.4, 0.5) is 0 Å². The van der Waals surface area contributed by atoms with Gasteiger partial charge in [0.25, 0.3) is 0 Å². The van der Waals surface area contributed by atoms with Crippen LogP contribution in [0.1, 0.15) is 69.1 Å². The van der Waals surface area contributed by atoms with Gasteiger partial charge in [0.15, 0.2) is 36.4 Å². The standard InChI is InChI=1S/C36H46O19/c1-35(2,45)49-15-21-23(37)25(53-31(42)19-13-9-7-11-17(19)29(38)39)28(48-6)34(52-21)55-24-22(16-50-36(3,4)46)51-33(44)27(26(24)47-5)54-32(43)20-14-10-8-12-18(20)30(40)41/h7-14,21-28,33-34,37,44-46H,15-16H2,1-6H3,(H,38,39)(H,40,41)/t21-,22+,23-,24+,25+,26-,27+,28-,33+,34+/m1/s1. The van der Waals surface area contributed by atoms with Gasteiger partial charge in [-0.15, -0.1) is 0 Å². The van der Waals surface area contributed by atoms with Gasteiger partial charge in [0, 0.05) is 14.2 Å². The number of carboxylic acid groups (broad SMARTS) is 2. The molecule has 0 unspecified atom stereocenters. The van der Waals surface area contributed by atoms with Crippen LogP contribution in [0.15, 0.2) is 48.5 Å². The zero-order valence-electron chi connectivity index (χ0n) is 30.8. The molecule has 4 rings (SSSR count). The largest absolute Gasteiger partial charge is 0.478 e. The first-order valence-corrected chi connectivity index (χ1v) is 16.9. The van der Waals surface area contributed by atoms with Crippen molar-refractivity contribution in [3.05, 3.63) is 70.8 Å². The third kappa shape index (κ3) is 11.0. The van der Waals surface area contributed by atoms with Crippen LogP contribution >= 0.6 is 0 Å². The summed E-state index contributed by atoms with van der Waals surface area (Å²) in [6, 6.07) is 10.4. The van der Waals surface area contributed by atoms with Crippen LogP contribution in [0.5, 0.6) is 0 Å². The second kappa shape index (κ2) is 18.2. The molecule has 0 saturated carbocycles. The van der Waals surface area contributed by atoms with E-state index >= 15 is 0 Å². The van der Waals surface area contributed by atoms with Gasteiger partial charge in [-0.25, -0.2) is 19.2 Å². The molecule has 0 aliphatic carbocycles. The molecule has 2 heterocycles. The zero-order chi connectivity index (χ0) is 40.8. The Balaban J connectivity index is 1.73. The highest BCUT2D eigenvalue weighted by Crippen LogP contribution is 2.34. The van der Waals surface area contributed by atoms with Crippen molar-refractivity contribution in [1.29, 1.82) is 0 Å². The Morgan fingerprint density at radius 2 is 1.05 bits per heavy atom. The number of benzene rings is 2. The molecule has 0 spiro atoms. The fourth-order valence-corrected chi connectivity index (χ4v) is 5.90. The van der Waals surface area contributed by atoms with Gasteiger partial charge in [-0.3, -0.25) is 0 Å². The van der Waals surface area contributed by atoms with Crippen molar-refractivity contribution >= 4 is 23.9 Å². The normalized spacial score (nSPS) is 28.6. The highest BCUT2D eigenvalue weighted by atomic mass is 16.8. The summed E-state index contributed by atoms with van der Waals surface area (Å²) >= 11 is 0. The van der Waals surface area contributed by atoms with Crippen LogP contribution in [-0.2, 0) is 42.6 Å². The third-order valence-electron chi connectivity index (χ3n) is 8.51. The molecule has 0 radical (unpaired) electrons. The van der Waals surface area contributed by atoms with Gasteiger partial charge in [0.05, 0.1) is 35.5 Å². The fourth-order valence-electron chi connectivity index (χ4n) is 5.90. The SMILES string of the molecule is CO[C@@H]1[C@@H](O[C@@H]2O[C@H](COC(C)(C)O)[C@@H](O)[C@H](OC(=O)c3ccccc3C(=O)O)[C@H]2OC)[C@H](COC(C)(C)O)O[C@H](O)[C@H]1OC(=O)c1ccccc1C(=O)O. The first-order valence-electron chi connectivity index (χ1n) is 16.9. The highest BCUT2D eigenvalue weighted by molar-refractivity contribution is 6.03. The molecule has 304 valence electrons. The average Bonchev–Trinajstić information content (AvgIpc) is 3.12. The number of aromatic carboxylic acids is 2. The summed E-state index contributed by atoms with van der Waals surface area (Å²) in [5.41, 5.74) is -1.48. The Labute approximate surface area is 315 Å². The molecule has 19 heteroatoms. The highest BCUT2D eigenvalue weighted by Gasteiger charge is 2.55. The topological polar surface area (TPSA) is 273 Å². The van der Waals surface area contributed by atoms with E-state index in [1.165, 1.54) is 90.4 Å². The van der Waals surface area contributed by atoms with Crippen molar-refractivity contribution in [2.75, 3.05) is 27.4 Å². The predicted molar refractivity (Wildman–Crippen MR) is 182 cm³/mol. The lowest BCUT2D eigenvalue weighted by Crippen LogP contribution is -2.66. The van der Waals surface area contributed by atoms with Gasteiger partial charge in [-0.05, 0) is 52.0 Å². The number of hydrogen-bond donors (Lipinski definition) is 6. The zero-order valence-corrected chi connectivity index (χ0v) is 30.8. The number of carbonyl (C=O) groups is 4. The van der Waals surface area contributed by atoms with Gasteiger partial charge in [0.1, 0.15) is 36.6 Å². The van der Waals surface area contributed by atoms with E-state index in [1.807, 2.05) is 0 Å². The molecule has 6 N–H and O–H groups in total. The van der Waals surface area contributed by atoms with Crippen molar-refractivity contribution in [2.45, 2.75) is 101 Å². The average molecular weight is 783 g/mol. The Hall–Kier alpha value is -4.12. The van der Waals surface area contributed by atoms with Gasteiger partial charge in [-0.1, -0.05) is 24.3 Å². The van der Waals surface area contributed by atoms with E-state index in [9.17, 15) is 49.8 Å². The number of aliphatic hydroxyl groups is 4. The number of ether oxygens (including phenoxy) is 9. The molecule has 2 aromatic rings. The summed E-state index contributed by atoms with van der Waals surface area (Å²) < 4.78 is 51.7. The van der Waals surface area contributed by atoms with E-state index in [2.05, 4.69) is 0 Å². The predicted octanol–water partition coefficient (Wildman–Crippen LogP) is 0.542. The quantitative estimate of drug-likeness (QED) is 0.100. The Kier molecular flexibility index (Phi) is 14.4. The summed E-state index contributed by atoms with van der Waals surface area (Å²) in [7, 11) is 2.35. The van der Waals surface area contributed by atoms with Gasteiger partial charge >= 0.3 is 23.9 Å². The maximum Gasteiger partial charge on any atom is 0.339 e. The van der Waals surface area contributed by atoms with E-state index in [1.54, 1.807) is 0 Å². The van der Waals surface area contributed by atoms with Crippen molar-refractivity contribution in [3.8, 4) is 0 Å². The third-order valence-corrected chi connectivity index (χ3v) is 8.51. The Morgan fingerprint density at radius 3 is 1.49 bits per heavy atom. The molecule has 2 aliphatic heterocycles. The van der Waals surface area contributed by atoms with E-state index < -0.39 is 110 Å². The first kappa shape index (κ1) is 43.6. The minimum atomic E-state index is -1.93. The molecular weight excluding hydrogens is 736 g/mol. The summed E-state index contributed by atoms with van der Waals surface area (Å²) in [5, 5.41) is 62.4. The molecule has 19 nitrogen and oxygen atoms in total. The number of hydrogen-bond acceptors (Lipinski definition) is 17. The number of esters is 2. The lowest BCUT2D eigenvalue weighted by atomic mass is 9.96. The number of carbonyl (C=O) groups excluding carboxylic acids is 2. The summed E-state index contributed by atoms with van der Waals surface area (Å²) in [5.74, 6) is -8.62. The molecular formula is C36H46O19. The van der Waals surface area contributed by atoms with Crippen molar-refractivity contribution in [3.63, 3.8) is 0 Å². The molecule has 2 aliphatic rings. The van der Waals surface area contributed by atoms with Crippen LogP contribution in [0, 0.1) is 0 Å². The lowest BCUT2D eigenvalue weighted by molar-refractivity contribution is -0.365. The Bertz CT molecular complexity index is 1650. The molecule has 10 atom stereocenters.